The summed E-state index contributed by atoms with van der Waals surface area (Å²) < 4.78 is 9.46. The number of amides is 1. The van der Waals surface area contributed by atoms with Crippen LogP contribution in [0.15, 0.2) is 11.2 Å². The van der Waals surface area contributed by atoms with Crippen molar-refractivity contribution in [2.24, 2.45) is 5.16 Å². The molecule has 1 aromatic rings. The Morgan fingerprint density at radius 3 is 2.63 bits per heavy atom. The van der Waals surface area contributed by atoms with Crippen molar-refractivity contribution in [3.63, 3.8) is 0 Å². The minimum Gasteiger partial charge on any atom is -0.481 e. The van der Waals surface area contributed by atoms with Crippen LogP contribution in [0.4, 0.5) is 5.82 Å². The van der Waals surface area contributed by atoms with Gasteiger partial charge in [0.05, 0.1) is 14.2 Å². The second-order valence-electron chi connectivity index (χ2n) is 3.00. The van der Waals surface area contributed by atoms with Gasteiger partial charge in [0.15, 0.2) is 5.82 Å². The monoisotopic (exact) mass is 268 g/mol. The van der Waals surface area contributed by atoms with Crippen LogP contribution in [-0.4, -0.2) is 49.4 Å². The lowest BCUT2D eigenvalue weighted by atomic mass is 10.3. The van der Waals surface area contributed by atoms with E-state index in [-0.39, 0.29) is 23.2 Å². The Labute approximate surface area is 108 Å². The molecule has 1 rings (SSSR count). The zero-order valence-electron chi connectivity index (χ0n) is 10.5. The van der Waals surface area contributed by atoms with E-state index in [2.05, 4.69) is 30.0 Å². The van der Waals surface area contributed by atoms with E-state index in [4.69, 9.17) is 4.74 Å². The molecule has 19 heavy (non-hydrogen) atoms. The first-order valence-electron chi connectivity index (χ1n) is 4.99. The van der Waals surface area contributed by atoms with Crippen LogP contribution in [-0.2, 0) is 19.2 Å². The third-order valence-corrected chi connectivity index (χ3v) is 1.89. The summed E-state index contributed by atoms with van der Waals surface area (Å²) in [5, 5.41) is 5.80. The number of carbonyl (C=O) groups excluding carboxylic acids is 2. The first-order valence-corrected chi connectivity index (χ1v) is 4.99. The molecule has 0 saturated carbocycles. The maximum atomic E-state index is 11.5. The van der Waals surface area contributed by atoms with Crippen molar-refractivity contribution in [1.82, 2.24) is 9.97 Å². The first kappa shape index (κ1) is 14.4. The number of oxime groups is 1. The molecule has 9 heteroatoms. The predicted molar refractivity (Wildman–Crippen MR) is 63.8 cm³/mol. The number of hydrogen-bond acceptors (Lipinski definition) is 8. The van der Waals surface area contributed by atoms with Crippen molar-refractivity contribution in [2.45, 2.75) is 0 Å². The summed E-state index contributed by atoms with van der Waals surface area (Å²) in [6, 6.07) is 1.37. The highest BCUT2D eigenvalue weighted by Crippen LogP contribution is 2.13. The number of nitrogens with one attached hydrogen (secondary N) is 1. The van der Waals surface area contributed by atoms with Gasteiger partial charge in [-0.3, -0.25) is 4.79 Å². The molecular weight excluding hydrogens is 256 g/mol. The van der Waals surface area contributed by atoms with Crippen molar-refractivity contribution in [3.8, 4) is 5.88 Å². The summed E-state index contributed by atoms with van der Waals surface area (Å²) in [4.78, 5) is 34.3. The summed E-state index contributed by atoms with van der Waals surface area (Å²) >= 11 is 0. The summed E-state index contributed by atoms with van der Waals surface area (Å²) in [7, 11) is 3.81. The molecule has 1 heterocycles. The molecule has 0 aliphatic heterocycles. The fourth-order valence-corrected chi connectivity index (χ4v) is 1.13. The van der Waals surface area contributed by atoms with Gasteiger partial charge in [0.1, 0.15) is 12.9 Å². The number of ether oxygens (including phenoxy) is 2. The van der Waals surface area contributed by atoms with Crippen molar-refractivity contribution < 1.29 is 23.9 Å². The van der Waals surface area contributed by atoms with Gasteiger partial charge in [-0.05, 0) is 0 Å². The molecule has 1 aromatic heterocycles. The zero-order chi connectivity index (χ0) is 14.3. The average molecular weight is 268 g/mol. The molecule has 0 aliphatic rings. The van der Waals surface area contributed by atoms with Gasteiger partial charge in [-0.25, -0.2) is 9.78 Å². The third-order valence-electron chi connectivity index (χ3n) is 1.89. The van der Waals surface area contributed by atoms with Crippen LogP contribution in [0.3, 0.4) is 0 Å². The number of aromatic nitrogens is 2. The quantitative estimate of drug-likeness (QED) is 0.322. The molecule has 1 N–H and O–H groups in total. The van der Waals surface area contributed by atoms with Crippen LogP contribution in [0.2, 0.25) is 0 Å². The standard InChI is InChI=1S/C10H12N4O5/c1-17-7-4-6(11-5-15)12-9(13-7)8(14-19-3)10(16)18-2/h4-5H,1-3H3,(H,11,12,13,15). The second kappa shape index (κ2) is 6.89. The molecule has 0 saturated heterocycles. The molecule has 0 atom stereocenters. The van der Waals surface area contributed by atoms with Gasteiger partial charge in [-0.15, -0.1) is 0 Å². The van der Waals surface area contributed by atoms with Crippen molar-refractivity contribution in [1.29, 1.82) is 0 Å². The van der Waals surface area contributed by atoms with E-state index in [9.17, 15) is 9.59 Å². The first-order chi connectivity index (χ1) is 9.15. The molecular formula is C10H12N4O5. The minimum absolute atomic E-state index is 0.0996. The Hall–Kier alpha value is -2.71. The summed E-state index contributed by atoms with van der Waals surface area (Å²) in [6.07, 6.45) is 0.427. The largest absolute Gasteiger partial charge is 0.481 e. The Bertz CT molecular complexity index is 503. The van der Waals surface area contributed by atoms with Crippen LogP contribution in [0.5, 0.6) is 5.88 Å². The molecule has 0 fully saturated rings. The van der Waals surface area contributed by atoms with Crippen LogP contribution in [0.25, 0.3) is 0 Å². The minimum atomic E-state index is -0.785. The van der Waals surface area contributed by atoms with Gasteiger partial charge < -0.3 is 19.6 Å². The Morgan fingerprint density at radius 2 is 2.11 bits per heavy atom. The summed E-state index contributed by atoms with van der Waals surface area (Å²) in [5.41, 5.74) is -0.252. The lowest BCUT2D eigenvalue weighted by molar-refractivity contribution is -0.132. The van der Waals surface area contributed by atoms with E-state index in [0.29, 0.717) is 6.41 Å². The molecule has 102 valence electrons. The van der Waals surface area contributed by atoms with Crippen LogP contribution < -0.4 is 10.1 Å². The average Bonchev–Trinajstić information content (AvgIpc) is 2.43. The number of esters is 1. The number of rotatable bonds is 6. The zero-order valence-corrected chi connectivity index (χ0v) is 10.5. The van der Waals surface area contributed by atoms with Crippen LogP contribution in [0.1, 0.15) is 5.82 Å². The maximum absolute atomic E-state index is 11.5. The second-order valence-corrected chi connectivity index (χ2v) is 3.00. The highest BCUT2D eigenvalue weighted by molar-refractivity contribution is 6.42. The van der Waals surface area contributed by atoms with E-state index < -0.39 is 5.97 Å². The molecule has 0 radical (unpaired) electrons. The maximum Gasteiger partial charge on any atom is 0.364 e. The molecule has 0 bridgehead atoms. The van der Waals surface area contributed by atoms with E-state index in [1.165, 1.54) is 27.4 Å². The van der Waals surface area contributed by atoms with E-state index in [1.807, 2.05) is 0 Å². The van der Waals surface area contributed by atoms with Crippen molar-refractivity contribution in [2.75, 3.05) is 26.6 Å². The lowest BCUT2D eigenvalue weighted by Crippen LogP contribution is -2.21. The Balaban J connectivity index is 3.29. The number of hydrogen-bond donors (Lipinski definition) is 1. The van der Waals surface area contributed by atoms with Gasteiger partial charge >= 0.3 is 5.97 Å². The predicted octanol–water partition coefficient (Wildman–Crippen LogP) is -0.423. The van der Waals surface area contributed by atoms with Gasteiger partial charge in [0.2, 0.25) is 18.0 Å². The third kappa shape index (κ3) is 3.63. The van der Waals surface area contributed by atoms with Gasteiger partial charge in [-0.2, -0.15) is 4.98 Å². The van der Waals surface area contributed by atoms with Gasteiger partial charge in [0, 0.05) is 6.07 Å². The van der Waals surface area contributed by atoms with Crippen LogP contribution in [0, 0.1) is 0 Å². The number of nitrogens with zero attached hydrogens (tertiary/aromatic N) is 3. The van der Waals surface area contributed by atoms with E-state index >= 15 is 0 Å². The molecule has 0 aromatic carbocycles. The highest BCUT2D eigenvalue weighted by Gasteiger charge is 2.20. The number of methoxy groups -OCH3 is 2. The fourth-order valence-electron chi connectivity index (χ4n) is 1.13. The van der Waals surface area contributed by atoms with Crippen LogP contribution >= 0.6 is 0 Å². The molecule has 0 unspecified atom stereocenters. The lowest BCUT2D eigenvalue weighted by Gasteiger charge is -2.06. The number of carbonyl (C=O) groups is 2. The summed E-state index contributed by atoms with van der Waals surface area (Å²) in [6.45, 7) is 0. The van der Waals surface area contributed by atoms with Crippen molar-refractivity contribution in [3.05, 3.63) is 11.9 Å². The van der Waals surface area contributed by atoms with E-state index in [1.54, 1.807) is 0 Å². The summed E-state index contributed by atoms with van der Waals surface area (Å²) in [5.74, 6) is -0.601. The van der Waals surface area contributed by atoms with Crippen molar-refractivity contribution >= 4 is 23.9 Å². The highest BCUT2D eigenvalue weighted by atomic mass is 16.6. The number of anilines is 1. The smallest absolute Gasteiger partial charge is 0.364 e. The molecule has 1 amide bonds. The van der Waals surface area contributed by atoms with Gasteiger partial charge in [0.25, 0.3) is 0 Å². The van der Waals surface area contributed by atoms with Gasteiger partial charge in [-0.1, -0.05) is 5.16 Å². The molecule has 0 spiro atoms. The molecule has 9 nitrogen and oxygen atoms in total. The fraction of sp³-hybridized carbons (Fsp3) is 0.300. The molecule has 0 aliphatic carbocycles. The topological polar surface area (TPSA) is 112 Å². The van der Waals surface area contributed by atoms with E-state index in [0.717, 1.165) is 0 Å². The normalized spacial score (nSPS) is 10.6. The Kier molecular flexibility index (Phi) is 5.20. The SMILES string of the molecule is CON=C(C(=O)OC)c1nc(NC=O)cc(OC)n1. The Morgan fingerprint density at radius 1 is 1.37 bits per heavy atom.